The summed E-state index contributed by atoms with van der Waals surface area (Å²) < 4.78 is 10.8. The Bertz CT molecular complexity index is 565. The summed E-state index contributed by atoms with van der Waals surface area (Å²) in [7, 11) is 3.88. The number of hydrogen-bond donors (Lipinski definition) is 0. The molecule has 0 aromatic heterocycles. The van der Waals surface area contributed by atoms with Gasteiger partial charge in [0.15, 0.2) is 0 Å². The second-order valence-electron chi connectivity index (χ2n) is 5.91. The summed E-state index contributed by atoms with van der Waals surface area (Å²) in [6.45, 7) is 1.51. The molecular weight excluding hydrogens is 338 g/mol. The summed E-state index contributed by atoms with van der Waals surface area (Å²) in [4.78, 5) is 13.7. The summed E-state index contributed by atoms with van der Waals surface area (Å²) in [5.41, 5.74) is 2.34. The smallest absolute Gasteiger partial charge is 0.332 e. The van der Waals surface area contributed by atoms with Gasteiger partial charge in [-0.1, -0.05) is 60.7 Å². The van der Waals surface area contributed by atoms with Crippen LogP contribution in [0.4, 0.5) is 0 Å². The lowest BCUT2D eigenvalue weighted by molar-refractivity contribution is -0.149. The number of carbonyl (C=O) groups is 1. The first-order valence-corrected chi connectivity index (χ1v) is 8.15. The van der Waals surface area contributed by atoms with Crippen molar-refractivity contribution in [2.45, 2.75) is 5.92 Å². The third-order valence-corrected chi connectivity index (χ3v) is 3.71. The molecule has 25 heavy (non-hydrogen) atoms. The van der Waals surface area contributed by atoms with Crippen molar-refractivity contribution in [3.05, 3.63) is 71.8 Å². The van der Waals surface area contributed by atoms with Crippen LogP contribution in [0.3, 0.4) is 0 Å². The van der Waals surface area contributed by atoms with E-state index in [1.165, 1.54) is 11.1 Å². The van der Waals surface area contributed by atoms with E-state index >= 15 is 0 Å². The highest BCUT2D eigenvalue weighted by atomic mass is 35.5. The van der Waals surface area contributed by atoms with Gasteiger partial charge < -0.3 is 14.4 Å². The monoisotopic (exact) mass is 363 g/mol. The van der Waals surface area contributed by atoms with Gasteiger partial charge in [0, 0.05) is 12.5 Å². The third kappa shape index (κ3) is 7.69. The van der Waals surface area contributed by atoms with Crippen LogP contribution in [-0.4, -0.2) is 51.3 Å². The lowest BCUT2D eigenvalue weighted by Crippen LogP contribution is -2.22. The average Bonchev–Trinajstić information content (AvgIpc) is 2.60. The Labute approximate surface area is 156 Å². The van der Waals surface area contributed by atoms with Crippen molar-refractivity contribution in [3.8, 4) is 0 Å². The van der Waals surface area contributed by atoms with Crippen LogP contribution in [0.1, 0.15) is 17.0 Å². The summed E-state index contributed by atoms with van der Waals surface area (Å²) in [6, 6.07) is 20.4. The fourth-order valence-corrected chi connectivity index (χ4v) is 2.40. The molecule has 2 rings (SSSR count). The molecule has 0 N–H and O–H groups in total. The van der Waals surface area contributed by atoms with Gasteiger partial charge in [0.25, 0.3) is 0 Å². The lowest BCUT2D eigenvalue weighted by Gasteiger charge is -2.18. The fraction of sp³-hybridized carbons (Fsp3) is 0.350. The van der Waals surface area contributed by atoms with E-state index in [2.05, 4.69) is 24.3 Å². The van der Waals surface area contributed by atoms with E-state index in [1.54, 1.807) is 0 Å². The zero-order chi connectivity index (χ0) is 17.2. The summed E-state index contributed by atoms with van der Waals surface area (Å²) in [6.07, 6.45) is 0. The Morgan fingerprint density at radius 1 is 0.960 bits per heavy atom. The van der Waals surface area contributed by atoms with E-state index < -0.39 is 0 Å². The van der Waals surface area contributed by atoms with Gasteiger partial charge in [0.05, 0.1) is 6.61 Å². The van der Waals surface area contributed by atoms with Crippen LogP contribution >= 0.6 is 12.4 Å². The maximum atomic E-state index is 11.7. The summed E-state index contributed by atoms with van der Waals surface area (Å²) in [5.74, 6) is -0.223. The average molecular weight is 364 g/mol. The van der Waals surface area contributed by atoms with Gasteiger partial charge in [-0.05, 0) is 25.2 Å². The maximum Gasteiger partial charge on any atom is 0.332 e. The second kappa shape index (κ2) is 11.6. The Morgan fingerprint density at radius 3 is 1.96 bits per heavy atom. The normalized spacial score (nSPS) is 10.6. The molecule has 0 aliphatic rings. The molecule has 0 amide bonds. The van der Waals surface area contributed by atoms with Gasteiger partial charge in [-0.3, -0.25) is 0 Å². The molecular formula is C20H26ClNO3. The first-order chi connectivity index (χ1) is 11.7. The highest BCUT2D eigenvalue weighted by Crippen LogP contribution is 2.24. The van der Waals surface area contributed by atoms with Crippen molar-refractivity contribution in [1.29, 1.82) is 0 Å². The predicted octanol–water partition coefficient (Wildman–Crippen LogP) is 3.36. The van der Waals surface area contributed by atoms with Crippen molar-refractivity contribution in [3.63, 3.8) is 0 Å². The number of halogens is 1. The number of nitrogens with zero attached hydrogens (tertiary/aromatic N) is 1. The van der Waals surface area contributed by atoms with E-state index in [4.69, 9.17) is 9.47 Å². The van der Waals surface area contributed by atoms with Crippen LogP contribution in [-0.2, 0) is 14.3 Å². The Balaban J connectivity index is 0.00000312. The van der Waals surface area contributed by atoms with Crippen molar-refractivity contribution < 1.29 is 14.3 Å². The number of likely N-dealkylation sites (N-methyl/N-ethyl adjacent to an activating group) is 1. The van der Waals surface area contributed by atoms with Gasteiger partial charge in [-0.25, -0.2) is 4.79 Å². The molecule has 0 radical (unpaired) electrons. The van der Waals surface area contributed by atoms with Gasteiger partial charge in [0.2, 0.25) is 0 Å². The molecule has 0 fully saturated rings. The molecule has 0 aliphatic heterocycles. The minimum absolute atomic E-state index is 0. The number of carbonyl (C=O) groups excluding carboxylic acids is 1. The van der Waals surface area contributed by atoms with E-state index in [0.717, 1.165) is 0 Å². The Kier molecular flexibility index (Phi) is 9.85. The van der Waals surface area contributed by atoms with Crippen molar-refractivity contribution in [2.75, 3.05) is 40.5 Å². The zero-order valence-corrected chi connectivity index (χ0v) is 15.6. The lowest BCUT2D eigenvalue weighted by atomic mass is 9.92. The highest BCUT2D eigenvalue weighted by molar-refractivity contribution is 5.85. The molecule has 0 saturated heterocycles. The van der Waals surface area contributed by atoms with E-state index in [0.29, 0.717) is 19.8 Å². The summed E-state index contributed by atoms with van der Waals surface area (Å²) >= 11 is 0. The number of benzene rings is 2. The molecule has 0 spiro atoms. The number of rotatable bonds is 9. The number of ether oxygens (including phenoxy) is 2. The molecule has 5 heteroatoms. The minimum Gasteiger partial charge on any atom is -0.463 e. The van der Waals surface area contributed by atoms with Gasteiger partial charge >= 0.3 is 5.97 Å². The zero-order valence-electron chi connectivity index (χ0n) is 14.8. The van der Waals surface area contributed by atoms with Crippen molar-refractivity contribution >= 4 is 18.4 Å². The van der Waals surface area contributed by atoms with E-state index in [-0.39, 0.29) is 30.9 Å². The van der Waals surface area contributed by atoms with Gasteiger partial charge in [-0.15, -0.1) is 12.4 Å². The fourth-order valence-electron chi connectivity index (χ4n) is 2.40. The predicted molar refractivity (Wildman–Crippen MR) is 102 cm³/mol. The van der Waals surface area contributed by atoms with Crippen LogP contribution in [0.25, 0.3) is 0 Å². The largest absolute Gasteiger partial charge is 0.463 e. The molecule has 0 heterocycles. The summed E-state index contributed by atoms with van der Waals surface area (Å²) in [5, 5.41) is 0. The first-order valence-electron chi connectivity index (χ1n) is 8.15. The van der Waals surface area contributed by atoms with Crippen LogP contribution in [0, 0.1) is 0 Å². The number of hydrogen-bond acceptors (Lipinski definition) is 4. The molecule has 0 aliphatic carbocycles. The molecule has 2 aromatic carbocycles. The van der Waals surface area contributed by atoms with Crippen LogP contribution in [0.2, 0.25) is 0 Å². The molecule has 4 nitrogen and oxygen atoms in total. The third-order valence-electron chi connectivity index (χ3n) is 3.71. The van der Waals surface area contributed by atoms with Gasteiger partial charge in [-0.2, -0.15) is 0 Å². The van der Waals surface area contributed by atoms with Crippen LogP contribution in [0.15, 0.2) is 60.7 Å². The van der Waals surface area contributed by atoms with Crippen LogP contribution in [0.5, 0.6) is 0 Å². The first kappa shape index (κ1) is 21.2. The molecule has 0 atom stereocenters. The molecule has 136 valence electrons. The quantitative estimate of drug-likeness (QED) is 0.640. The van der Waals surface area contributed by atoms with Crippen LogP contribution < -0.4 is 0 Å². The Hall–Kier alpha value is -1.88. The molecule has 0 saturated carbocycles. The van der Waals surface area contributed by atoms with Gasteiger partial charge in [0.1, 0.15) is 13.2 Å². The number of esters is 1. The SMILES string of the molecule is CN(C)CCOC(=O)COCC(c1ccccc1)c1ccccc1.Cl. The molecule has 0 bridgehead atoms. The highest BCUT2D eigenvalue weighted by Gasteiger charge is 2.15. The second-order valence-corrected chi connectivity index (χ2v) is 5.91. The van der Waals surface area contributed by atoms with Crippen molar-refractivity contribution in [1.82, 2.24) is 4.90 Å². The molecule has 2 aromatic rings. The standard InChI is InChI=1S/C20H25NO3.ClH/c1-21(2)13-14-24-20(22)16-23-15-19(17-9-5-3-6-10-17)18-11-7-4-8-12-18;/h3-12,19H,13-16H2,1-2H3;1H. The topological polar surface area (TPSA) is 38.8 Å². The maximum absolute atomic E-state index is 11.7. The minimum atomic E-state index is -0.322. The van der Waals surface area contributed by atoms with Crippen molar-refractivity contribution in [2.24, 2.45) is 0 Å². The van der Waals surface area contributed by atoms with E-state index in [1.807, 2.05) is 55.4 Å². The Morgan fingerprint density at radius 2 is 1.48 bits per heavy atom. The van der Waals surface area contributed by atoms with E-state index in [9.17, 15) is 4.79 Å². The molecule has 0 unspecified atom stereocenters.